The molecule has 2 heterocycles. The van der Waals surface area contributed by atoms with Crippen LogP contribution in [-0.4, -0.2) is 12.1 Å². The Morgan fingerprint density at radius 3 is 2.74 bits per heavy atom. The van der Waals surface area contributed by atoms with Crippen LogP contribution in [0.15, 0.2) is 80.8 Å². The summed E-state index contributed by atoms with van der Waals surface area (Å²) in [5.41, 5.74) is 3.99. The average molecular weight is 606 g/mol. The van der Waals surface area contributed by atoms with E-state index in [-0.39, 0.29) is 11.3 Å². The van der Waals surface area contributed by atoms with Crippen molar-refractivity contribution in [1.82, 2.24) is 5.32 Å². The van der Waals surface area contributed by atoms with Gasteiger partial charge in [0.25, 0.3) is 5.91 Å². The van der Waals surface area contributed by atoms with Crippen LogP contribution in [0.5, 0.6) is 5.75 Å². The lowest BCUT2D eigenvalue weighted by Crippen LogP contribution is -2.28. The highest BCUT2D eigenvalue weighted by molar-refractivity contribution is 9.10. The fourth-order valence-corrected chi connectivity index (χ4v) is 6.57. The van der Waals surface area contributed by atoms with E-state index in [1.54, 1.807) is 17.6 Å². The molecule has 4 aromatic rings. The summed E-state index contributed by atoms with van der Waals surface area (Å²) >= 11 is 5.22. The number of furan rings is 1. The Labute approximate surface area is 242 Å². The minimum atomic E-state index is -0.111. The zero-order chi connectivity index (χ0) is 27.4. The lowest BCUT2D eigenvalue weighted by molar-refractivity contribution is 0.0947. The Hall–Kier alpha value is -3.16. The standard InChI is InChI=1S/C32H33BrN2O3S/c1-32(2,3)23-11-13-26-28(17-23)39-31(29(26)30(36)34-19-25-10-7-15-37-25)35-18-22-16-24(33)12-14-27(22)38-20-21-8-5-4-6-9-21/h4-10,12,14-16,18,23H,11,13,17,19-20H2,1-3H3,(H,34,36)/t23-/m1/s1. The molecule has 5 rings (SSSR count). The van der Waals surface area contributed by atoms with Gasteiger partial charge in [-0.25, -0.2) is 4.99 Å². The molecule has 2 aromatic heterocycles. The number of thiophene rings is 1. The number of fused-ring (bicyclic) bond motifs is 1. The van der Waals surface area contributed by atoms with Crippen LogP contribution in [0.3, 0.4) is 0 Å². The number of benzene rings is 2. The van der Waals surface area contributed by atoms with Crippen LogP contribution in [0.1, 0.15) is 64.9 Å². The molecule has 1 amide bonds. The van der Waals surface area contributed by atoms with Crippen LogP contribution in [0.25, 0.3) is 0 Å². The summed E-state index contributed by atoms with van der Waals surface area (Å²) in [6.45, 7) is 7.71. The first-order valence-electron chi connectivity index (χ1n) is 13.2. The van der Waals surface area contributed by atoms with Crippen LogP contribution in [0, 0.1) is 11.3 Å². The number of carbonyl (C=O) groups excluding carboxylic acids is 1. The number of halogens is 1. The van der Waals surface area contributed by atoms with Crippen molar-refractivity contribution in [2.75, 3.05) is 0 Å². The van der Waals surface area contributed by atoms with Crippen LogP contribution in [0.2, 0.25) is 0 Å². The van der Waals surface area contributed by atoms with Gasteiger partial charge < -0.3 is 14.5 Å². The van der Waals surface area contributed by atoms with Gasteiger partial charge in [0.1, 0.15) is 23.1 Å². The Bertz CT molecular complexity index is 1450. The number of carbonyl (C=O) groups is 1. The van der Waals surface area contributed by atoms with E-state index >= 15 is 0 Å². The van der Waals surface area contributed by atoms with Crippen LogP contribution >= 0.6 is 27.3 Å². The molecule has 0 spiro atoms. The van der Waals surface area contributed by atoms with E-state index < -0.39 is 0 Å². The molecule has 7 heteroatoms. The van der Waals surface area contributed by atoms with Gasteiger partial charge in [-0.15, -0.1) is 11.3 Å². The molecule has 0 saturated heterocycles. The fourth-order valence-electron chi connectivity index (χ4n) is 4.92. The Balaban J connectivity index is 1.44. The number of nitrogens with one attached hydrogen (secondary N) is 1. The average Bonchev–Trinajstić information content (AvgIpc) is 3.57. The number of amides is 1. The monoisotopic (exact) mass is 604 g/mol. The lowest BCUT2D eigenvalue weighted by Gasteiger charge is -2.33. The summed E-state index contributed by atoms with van der Waals surface area (Å²) in [6.07, 6.45) is 6.35. The molecule has 2 aromatic carbocycles. The van der Waals surface area contributed by atoms with Crippen molar-refractivity contribution < 1.29 is 13.9 Å². The molecule has 1 aliphatic carbocycles. The van der Waals surface area contributed by atoms with E-state index in [0.717, 1.165) is 56.9 Å². The molecule has 0 fully saturated rings. The van der Waals surface area contributed by atoms with Crippen molar-refractivity contribution >= 4 is 44.4 Å². The van der Waals surface area contributed by atoms with Crippen molar-refractivity contribution in [1.29, 1.82) is 0 Å². The third-order valence-corrected chi connectivity index (χ3v) is 8.89. The van der Waals surface area contributed by atoms with Gasteiger partial charge in [0.05, 0.1) is 18.4 Å². The molecule has 0 radical (unpaired) electrons. The molecule has 5 nitrogen and oxygen atoms in total. The Kier molecular flexibility index (Phi) is 8.38. The van der Waals surface area contributed by atoms with E-state index in [2.05, 4.69) is 42.0 Å². The van der Waals surface area contributed by atoms with Gasteiger partial charge in [-0.3, -0.25) is 4.79 Å². The van der Waals surface area contributed by atoms with Gasteiger partial charge in [0.2, 0.25) is 0 Å². The summed E-state index contributed by atoms with van der Waals surface area (Å²) in [5.74, 6) is 1.92. The van der Waals surface area contributed by atoms with Crippen molar-refractivity contribution in [3.8, 4) is 5.75 Å². The molecule has 1 N–H and O–H groups in total. The van der Waals surface area contributed by atoms with Gasteiger partial charge in [-0.05, 0) is 72.1 Å². The van der Waals surface area contributed by atoms with Crippen molar-refractivity contribution in [3.63, 3.8) is 0 Å². The van der Waals surface area contributed by atoms with Crippen molar-refractivity contribution in [3.05, 3.63) is 104 Å². The van der Waals surface area contributed by atoms with Crippen molar-refractivity contribution in [2.24, 2.45) is 16.3 Å². The highest BCUT2D eigenvalue weighted by atomic mass is 79.9. The number of hydrogen-bond donors (Lipinski definition) is 1. The summed E-state index contributed by atoms with van der Waals surface area (Å²) in [5, 5.41) is 3.78. The molecule has 0 bridgehead atoms. The van der Waals surface area contributed by atoms with Gasteiger partial charge in [-0.1, -0.05) is 67.0 Å². The third-order valence-electron chi connectivity index (χ3n) is 7.23. The van der Waals surface area contributed by atoms with Crippen LogP contribution in [-0.2, 0) is 26.0 Å². The first-order chi connectivity index (χ1) is 18.8. The summed E-state index contributed by atoms with van der Waals surface area (Å²) in [6, 6.07) is 19.7. The quantitative estimate of drug-likeness (QED) is 0.205. The molecule has 202 valence electrons. The van der Waals surface area contributed by atoms with Crippen molar-refractivity contribution in [2.45, 2.75) is 53.2 Å². The van der Waals surface area contributed by atoms with E-state index in [1.165, 1.54) is 4.88 Å². The van der Waals surface area contributed by atoms with Gasteiger partial charge in [-0.2, -0.15) is 0 Å². The largest absolute Gasteiger partial charge is 0.488 e. The smallest absolute Gasteiger partial charge is 0.255 e. The normalized spacial score (nSPS) is 15.3. The maximum atomic E-state index is 13.5. The van der Waals surface area contributed by atoms with Crippen LogP contribution in [0.4, 0.5) is 5.00 Å². The highest BCUT2D eigenvalue weighted by Crippen LogP contribution is 2.45. The Morgan fingerprint density at radius 2 is 2.00 bits per heavy atom. The summed E-state index contributed by atoms with van der Waals surface area (Å²) in [7, 11) is 0. The highest BCUT2D eigenvalue weighted by Gasteiger charge is 2.33. The number of nitrogens with zero attached hydrogens (tertiary/aromatic N) is 1. The molecule has 1 aliphatic rings. The molecular formula is C32H33BrN2O3S. The predicted octanol–water partition coefficient (Wildman–Crippen LogP) is 8.51. The number of aliphatic imine (C=N–C) groups is 1. The molecular weight excluding hydrogens is 572 g/mol. The molecule has 0 unspecified atom stereocenters. The SMILES string of the molecule is CC(C)(C)[C@@H]1CCc2c(sc(N=Cc3cc(Br)ccc3OCc3ccccc3)c2C(=O)NCc2ccco2)C1. The van der Waals surface area contributed by atoms with Gasteiger partial charge in [0, 0.05) is 21.1 Å². The minimum Gasteiger partial charge on any atom is -0.488 e. The summed E-state index contributed by atoms with van der Waals surface area (Å²) < 4.78 is 12.5. The number of rotatable bonds is 8. The number of ether oxygens (including phenoxy) is 1. The topological polar surface area (TPSA) is 63.8 Å². The van der Waals surface area contributed by atoms with E-state index in [9.17, 15) is 4.79 Å². The maximum Gasteiger partial charge on any atom is 0.255 e. The lowest BCUT2D eigenvalue weighted by atomic mass is 9.72. The first-order valence-corrected chi connectivity index (χ1v) is 14.8. The van der Waals surface area contributed by atoms with E-state index in [1.807, 2.05) is 66.9 Å². The fraction of sp³-hybridized carbons (Fsp3) is 0.312. The van der Waals surface area contributed by atoms with E-state index in [0.29, 0.717) is 24.6 Å². The number of hydrogen-bond acceptors (Lipinski definition) is 5. The van der Waals surface area contributed by atoms with E-state index in [4.69, 9.17) is 14.1 Å². The zero-order valence-corrected chi connectivity index (χ0v) is 24.9. The second-order valence-corrected chi connectivity index (χ2v) is 13.0. The zero-order valence-electron chi connectivity index (χ0n) is 22.5. The van der Waals surface area contributed by atoms with Gasteiger partial charge >= 0.3 is 0 Å². The van der Waals surface area contributed by atoms with Crippen LogP contribution < -0.4 is 10.1 Å². The summed E-state index contributed by atoms with van der Waals surface area (Å²) in [4.78, 5) is 19.7. The Morgan fingerprint density at radius 1 is 1.18 bits per heavy atom. The maximum absolute atomic E-state index is 13.5. The molecule has 0 saturated carbocycles. The minimum absolute atomic E-state index is 0.111. The predicted molar refractivity (Wildman–Crippen MR) is 161 cm³/mol. The second kappa shape index (κ2) is 11.9. The second-order valence-electron chi connectivity index (χ2n) is 11.0. The molecule has 0 aliphatic heterocycles. The first kappa shape index (κ1) is 27.4. The third kappa shape index (κ3) is 6.71. The van der Waals surface area contributed by atoms with Gasteiger partial charge in [0.15, 0.2) is 0 Å². The molecule has 39 heavy (non-hydrogen) atoms. The molecule has 1 atom stereocenters.